The molecular weight excluding hydrogens is 605 g/mol. The molecular formula is C48H40N2. The second-order valence-electron chi connectivity index (χ2n) is 13.7. The molecule has 0 saturated heterocycles. The van der Waals surface area contributed by atoms with Crippen molar-refractivity contribution in [1.29, 1.82) is 0 Å². The molecule has 1 heterocycles. The van der Waals surface area contributed by atoms with Gasteiger partial charge in [-0.3, -0.25) is 0 Å². The number of rotatable bonds is 7. The Morgan fingerprint density at radius 3 is 1.74 bits per heavy atom. The van der Waals surface area contributed by atoms with Crippen molar-refractivity contribution in [2.75, 3.05) is 4.90 Å². The van der Waals surface area contributed by atoms with Gasteiger partial charge in [-0.1, -0.05) is 147 Å². The smallest absolute Gasteiger partial charge is 0.0561 e. The molecule has 2 nitrogen and oxygen atoms in total. The van der Waals surface area contributed by atoms with Crippen LogP contribution >= 0.6 is 0 Å². The van der Waals surface area contributed by atoms with Gasteiger partial charge in [0.25, 0.3) is 0 Å². The third-order valence-electron chi connectivity index (χ3n) is 10.9. The molecule has 0 radical (unpaired) electrons. The Morgan fingerprint density at radius 1 is 0.400 bits per heavy atom. The summed E-state index contributed by atoms with van der Waals surface area (Å²) in [6.07, 6.45) is 6.27. The summed E-state index contributed by atoms with van der Waals surface area (Å²) >= 11 is 0. The third kappa shape index (κ3) is 5.29. The van der Waals surface area contributed by atoms with Crippen LogP contribution in [0.4, 0.5) is 17.1 Å². The molecule has 0 unspecified atom stereocenters. The molecule has 0 N–H and O–H groups in total. The minimum absolute atomic E-state index is 0.0732. The lowest BCUT2D eigenvalue weighted by Gasteiger charge is -2.39. The van der Waals surface area contributed by atoms with Crippen molar-refractivity contribution < 1.29 is 0 Å². The van der Waals surface area contributed by atoms with Gasteiger partial charge in [0, 0.05) is 38.9 Å². The second kappa shape index (κ2) is 12.9. The molecule has 8 aromatic rings. The quantitative estimate of drug-likeness (QED) is 0.168. The van der Waals surface area contributed by atoms with Crippen LogP contribution in [0.15, 0.2) is 182 Å². The Morgan fingerprint density at radius 2 is 0.980 bits per heavy atom. The van der Waals surface area contributed by atoms with E-state index in [1.54, 1.807) is 0 Å². The Kier molecular flexibility index (Phi) is 7.78. The predicted octanol–water partition coefficient (Wildman–Crippen LogP) is 13.2. The number of aromatic nitrogens is 1. The zero-order chi connectivity index (χ0) is 33.3. The van der Waals surface area contributed by atoms with Gasteiger partial charge in [-0.25, -0.2) is 0 Å². The van der Waals surface area contributed by atoms with E-state index in [9.17, 15) is 0 Å². The monoisotopic (exact) mass is 644 g/mol. The van der Waals surface area contributed by atoms with Crippen LogP contribution in [0.1, 0.15) is 43.2 Å². The highest BCUT2D eigenvalue weighted by atomic mass is 15.1. The average Bonchev–Trinajstić information content (AvgIpc) is 3.53. The summed E-state index contributed by atoms with van der Waals surface area (Å²) in [5.74, 6) is 0. The molecule has 7 aromatic carbocycles. The average molecular weight is 645 g/mol. The lowest BCUT2D eigenvalue weighted by molar-refractivity contribution is 0.346. The van der Waals surface area contributed by atoms with Gasteiger partial charge in [-0.05, 0) is 89.7 Å². The third-order valence-corrected chi connectivity index (χ3v) is 10.9. The molecule has 1 aliphatic carbocycles. The SMILES string of the molecule is c1ccc(-c2cccc(-n3c4ccccc4c4ccc(N(c5ccccc5)c5ccc(C6(c7ccccc7)CCCCC6)cc5)cc43)c2)cc1. The van der Waals surface area contributed by atoms with E-state index in [-0.39, 0.29) is 5.41 Å². The van der Waals surface area contributed by atoms with Crippen LogP contribution in [0.2, 0.25) is 0 Å². The number of hydrogen-bond donors (Lipinski definition) is 0. The highest BCUT2D eigenvalue weighted by molar-refractivity contribution is 6.10. The highest BCUT2D eigenvalue weighted by Gasteiger charge is 2.35. The number of fused-ring (bicyclic) bond motifs is 3. The van der Waals surface area contributed by atoms with Crippen LogP contribution in [0.3, 0.4) is 0 Å². The van der Waals surface area contributed by atoms with E-state index < -0.39 is 0 Å². The van der Waals surface area contributed by atoms with Crippen molar-refractivity contribution in [3.63, 3.8) is 0 Å². The molecule has 9 rings (SSSR count). The van der Waals surface area contributed by atoms with E-state index in [4.69, 9.17) is 0 Å². The van der Waals surface area contributed by atoms with Crippen molar-refractivity contribution in [1.82, 2.24) is 4.57 Å². The number of benzene rings is 7. The first-order valence-electron chi connectivity index (χ1n) is 18.0. The normalized spacial score (nSPS) is 14.2. The van der Waals surface area contributed by atoms with E-state index in [1.165, 1.54) is 76.2 Å². The van der Waals surface area contributed by atoms with Gasteiger partial charge in [0.05, 0.1) is 11.0 Å². The van der Waals surface area contributed by atoms with Crippen molar-refractivity contribution in [3.05, 3.63) is 193 Å². The molecule has 0 atom stereocenters. The maximum atomic E-state index is 2.43. The maximum absolute atomic E-state index is 2.43. The summed E-state index contributed by atoms with van der Waals surface area (Å²) in [6, 6.07) is 66.8. The lowest BCUT2D eigenvalue weighted by atomic mass is 9.65. The van der Waals surface area contributed by atoms with Crippen LogP contribution in [0.25, 0.3) is 38.6 Å². The van der Waals surface area contributed by atoms with E-state index in [1.807, 2.05) is 0 Å². The highest BCUT2D eigenvalue weighted by Crippen LogP contribution is 2.46. The van der Waals surface area contributed by atoms with E-state index >= 15 is 0 Å². The molecule has 0 aliphatic heterocycles. The molecule has 1 aromatic heterocycles. The van der Waals surface area contributed by atoms with Gasteiger partial charge in [-0.15, -0.1) is 0 Å². The summed E-state index contributed by atoms with van der Waals surface area (Å²) in [5.41, 5.74) is 12.4. The number of nitrogens with zero attached hydrogens (tertiary/aromatic N) is 2. The van der Waals surface area contributed by atoms with Crippen molar-refractivity contribution >= 4 is 38.9 Å². The summed E-state index contributed by atoms with van der Waals surface area (Å²) in [7, 11) is 0. The first kappa shape index (κ1) is 30.2. The molecule has 242 valence electrons. The van der Waals surface area contributed by atoms with Crippen LogP contribution in [-0.4, -0.2) is 4.57 Å². The Balaban J connectivity index is 1.19. The maximum Gasteiger partial charge on any atom is 0.0561 e. The summed E-state index contributed by atoms with van der Waals surface area (Å²) in [5, 5.41) is 2.51. The molecule has 0 bridgehead atoms. The Labute approximate surface area is 294 Å². The Bertz CT molecular complexity index is 2380. The van der Waals surface area contributed by atoms with Gasteiger partial charge < -0.3 is 9.47 Å². The van der Waals surface area contributed by atoms with E-state index in [2.05, 4.69) is 191 Å². The van der Waals surface area contributed by atoms with Crippen LogP contribution in [0.5, 0.6) is 0 Å². The van der Waals surface area contributed by atoms with Gasteiger partial charge in [0.2, 0.25) is 0 Å². The first-order valence-corrected chi connectivity index (χ1v) is 18.0. The fourth-order valence-corrected chi connectivity index (χ4v) is 8.44. The summed E-state index contributed by atoms with van der Waals surface area (Å²) in [4.78, 5) is 2.40. The molecule has 1 aliphatic rings. The number of anilines is 3. The molecule has 0 amide bonds. The van der Waals surface area contributed by atoms with E-state index in [0.29, 0.717) is 0 Å². The summed E-state index contributed by atoms with van der Waals surface area (Å²) in [6.45, 7) is 0. The van der Waals surface area contributed by atoms with Crippen LogP contribution in [0, 0.1) is 0 Å². The standard InChI is InChI=1S/C48H40N2/c1-5-16-36(17-6-1)37-18-15-23-42(34-37)50-46-25-12-11-24-44(46)45-31-30-43(35-47(45)50)49(40-21-9-3-10-22-40)41-28-26-39(27-29-41)48(32-13-4-14-33-48)38-19-7-2-8-20-38/h1-3,5-12,15-31,34-35H,4,13-14,32-33H2. The molecule has 2 heteroatoms. The van der Waals surface area contributed by atoms with Crippen LogP contribution in [-0.2, 0) is 5.41 Å². The van der Waals surface area contributed by atoms with Crippen molar-refractivity contribution in [3.8, 4) is 16.8 Å². The largest absolute Gasteiger partial charge is 0.310 e. The van der Waals surface area contributed by atoms with Gasteiger partial charge in [0.1, 0.15) is 0 Å². The zero-order valence-electron chi connectivity index (χ0n) is 28.3. The van der Waals surface area contributed by atoms with Gasteiger partial charge in [0.15, 0.2) is 0 Å². The number of para-hydroxylation sites is 2. The number of hydrogen-bond acceptors (Lipinski definition) is 1. The topological polar surface area (TPSA) is 8.17 Å². The fraction of sp³-hybridized carbons (Fsp3) is 0.125. The van der Waals surface area contributed by atoms with Gasteiger partial charge >= 0.3 is 0 Å². The van der Waals surface area contributed by atoms with Crippen molar-refractivity contribution in [2.45, 2.75) is 37.5 Å². The minimum atomic E-state index is 0.0732. The van der Waals surface area contributed by atoms with Crippen LogP contribution < -0.4 is 4.90 Å². The predicted molar refractivity (Wildman–Crippen MR) is 211 cm³/mol. The zero-order valence-corrected chi connectivity index (χ0v) is 28.3. The lowest BCUT2D eigenvalue weighted by Crippen LogP contribution is -2.30. The second-order valence-corrected chi connectivity index (χ2v) is 13.7. The van der Waals surface area contributed by atoms with E-state index in [0.717, 1.165) is 22.7 Å². The minimum Gasteiger partial charge on any atom is -0.310 e. The molecule has 1 saturated carbocycles. The molecule has 50 heavy (non-hydrogen) atoms. The first-order chi connectivity index (χ1) is 24.8. The molecule has 0 spiro atoms. The fourth-order valence-electron chi connectivity index (χ4n) is 8.44. The molecule has 1 fully saturated rings. The van der Waals surface area contributed by atoms with Crippen molar-refractivity contribution in [2.24, 2.45) is 0 Å². The van der Waals surface area contributed by atoms with Gasteiger partial charge in [-0.2, -0.15) is 0 Å². The Hall–Kier alpha value is -5.86. The summed E-state index contributed by atoms with van der Waals surface area (Å²) < 4.78 is 2.43.